The molecule has 1 atom stereocenters. The van der Waals surface area contributed by atoms with Crippen molar-refractivity contribution in [2.75, 3.05) is 18.0 Å². The van der Waals surface area contributed by atoms with Crippen LogP contribution >= 0.6 is 11.3 Å². The van der Waals surface area contributed by atoms with Gasteiger partial charge in [-0.05, 0) is 25.7 Å². The van der Waals surface area contributed by atoms with E-state index in [-0.39, 0.29) is 0 Å². The van der Waals surface area contributed by atoms with Crippen LogP contribution in [0.4, 0.5) is 5.13 Å². The number of benzene rings is 1. The van der Waals surface area contributed by atoms with Gasteiger partial charge in [0.05, 0.1) is 0 Å². The number of anilines is 1. The van der Waals surface area contributed by atoms with E-state index in [1.54, 1.807) is 11.3 Å². The fourth-order valence-corrected chi connectivity index (χ4v) is 4.20. The summed E-state index contributed by atoms with van der Waals surface area (Å²) < 4.78 is 5.44. The Labute approximate surface area is 149 Å². The van der Waals surface area contributed by atoms with Crippen molar-refractivity contribution in [2.45, 2.75) is 37.5 Å². The summed E-state index contributed by atoms with van der Waals surface area (Å²) in [6.07, 6.45) is 4.58. The molecule has 2 aromatic heterocycles. The summed E-state index contributed by atoms with van der Waals surface area (Å²) in [7, 11) is 0. The maximum Gasteiger partial charge on any atom is 0.229 e. The van der Waals surface area contributed by atoms with Crippen molar-refractivity contribution in [2.24, 2.45) is 0 Å². The second-order valence-corrected chi connectivity index (χ2v) is 7.76. The average Bonchev–Trinajstić information content (AvgIpc) is 3.21. The number of nitrogens with zero attached hydrogens (tertiary/aromatic N) is 5. The van der Waals surface area contributed by atoms with E-state index < -0.39 is 0 Å². The third kappa shape index (κ3) is 3.04. The summed E-state index contributed by atoms with van der Waals surface area (Å²) in [4.78, 5) is 6.95. The second kappa shape index (κ2) is 6.22. The van der Waals surface area contributed by atoms with Crippen LogP contribution in [-0.4, -0.2) is 33.4 Å². The molecule has 25 heavy (non-hydrogen) atoms. The molecule has 1 aliphatic heterocycles. The van der Waals surface area contributed by atoms with Crippen LogP contribution in [0.1, 0.15) is 49.2 Å². The number of hydrogen-bond acceptors (Lipinski definition) is 7. The molecule has 1 unspecified atom stereocenters. The molecule has 1 saturated carbocycles. The lowest BCUT2D eigenvalue weighted by molar-refractivity contribution is 0.366. The molecule has 3 heterocycles. The smallest absolute Gasteiger partial charge is 0.229 e. The molecule has 6 nitrogen and oxygen atoms in total. The van der Waals surface area contributed by atoms with Gasteiger partial charge in [-0.2, -0.15) is 4.98 Å². The Balaban J connectivity index is 1.33. The van der Waals surface area contributed by atoms with Gasteiger partial charge in [0.2, 0.25) is 11.0 Å². The lowest BCUT2D eigenvalue weighted by Crippen LogP contribution is -2.34. The standard InChI is InChI=1S/C18H19N5OS/c1-2-5-13(6-3-1)17-20-21-18(25-17)23-10-4-7-14(11-23)15-19-16(24-22-15)12-8-9-12/h1-3,5-6,12,14H,4,7-11H2. The topological polar surface area (TPSA) is 67.9 Å². The van der Waals surface area contributed by atoms with Gasteiger partial charge in [0.25, 0.3) is 0 Å². The Hall–Kier alpha value is -2.28. The third-order valence-corrected chi connectivity index (χ3v) is 5.91. The molecular weight excluding hydrogens is 334 g/mol. The van der Waals surface area contributed by atoms with Crippen molar-refractivity contribution in [3.8, 4) is 10.6 Å². The highest BCUT2D eigenvalue weighted by molar-refractivity contribution is 7.18. The number of piperidine rings is 1. The van der Waals surface area contributed by atoms with E-state index in [0.29, 0.717) is 11.8 Å². The van der Waals surface area contributed by atoms with Crippen molar-refractivity contribution in [1.29, 1.82) is 0 Å². The van der Waals surface area contributed by atoms with E-state index in [9.17, 15) is 0 Å². The number of aromatic nitrogens is 4. The molecular formula is C18H19N5OS. The first kappa shape index (κ1) is 15.0. The first-order valence-corrected chi connectivity index (χ1v) is 9.66. The van der Waals surface area contributed by atoms with Crippen LogP contribution in [0.15, 0.2) is 34.9 Å². The zero-order chi connectivity index (χ0) is 16.6. The fraction of sp³-hybridized carbons (Fsp3) is 0.444. The molecule has 5 rings (SSSR count). The molecule has 0 bridgehead atoms. The molecule has 0 amide bonds. The Bertz CT molecular complexity index is 857. The minimum atomic E-state index is 0.314. The highest BCUT2D eigenvalue weighted by Gasteiger charge is 2.32. The molecule has 2 aliphatic rings. The summed E-state index contributed by atoms with van der Waals surface area (Å²) in [6.45, 7) is 1.89. The molecule has 0 N–H and O–H groups in total. The zero-order valence-corrected chi connectivity index (χ0v) is 14.7. The lowest BCUT2D eigenvalue weighted by Gasteiger charge is -2.30. The highest BCUT2D eigenvalue weighted by Crippen LogP contribution is 2.40. The van der Waals surface area contributed by atoms with Gasteiger partial charge in [-0.1, -0.05) is 46.8 Å². The SMILES string of the molecule is c1ccc(-c2nnc(N3CCCC(c4noc(C5CC5)n4)C3)s2)cc1. The summed E-state index contributed by atoms with van der Waals surface area (Å²) in [5.41, 5.74) is 1.12. The monoisotopic (exact) mass is 353 g/mol. The van der Waals surface area contributed by atoms with Crippen LogP contribution < -0.4 is 4.90 Å². The van der Waals surface area contributed by atoms with Gasteiger partial charge < -0.3 is 9.42 Å². The molecule has 0 radical (unpaired) electrons. The van der Waals surface area contributed by atoms with Crippen LogP contribution in [0.3, 0.4) is 0 Å². The van der Waals surface area contributed by atoms with Gasteiger partial charge in [0, 0.05) is 30.5 Å². The normalized spacial score (nSPS) is 20.8. The van der Waals surface area contributed by atoms with Crippen LogP contribution in [0.2, 0.25) is 0 Å². The van der Waals surface area contributed by atoms with Crippen LogP contribution in [0.25, 0.3) is 10.6 Å². The maximum absolute atomic E-state index is 5.44. The molecule has 7 heteroatoms. The van der Waals surface area contributed by atoms with E-state index in [1.807, 2.05) is 18.2 Å². The molecule has 1 aliphatic carbocycles. The van der Waals surface area contributed by atoms with Gasteiger partial charge >= 0.3 is 0 Å². The third-order valence-electron chi connectivity index (χ3n) is 4.88. The number of hydrogen-bond donors (Lipinski definition) is 0. The van der Waals surface area contributed by atoms with Crippen molar-refractivity contribution >= 4 is 16.5 Å². The van der Waals surface area contributed by atoms with E-state index in [0.717, 1.165) is 53.3 Å². The van der Waals surface area contributed by atoms with Gasteiger partial charge in [0.1, 0.15) is 5.01 Å². The van der Waals surface area contributed by atoms with E-state index >= 15 is 0 Å². The predicted molar refractivity (Wildman–Crippen MR) is 95.8 cm³/mol. The molecule has 0 spiro atoms. The Kier molecular flexibility index (Phi) is 3.73. The Morgan fingerprint density at radius 2 is 1.92 bits per heavy atom. The zero-order valence-electron chi connectivity index (χ0n) is 13.8. The van der Waals surface area contributed by atoms with Crippen molar-refractivity contribution in [1.82, 2.24) is 20.3 Å². The highest BCUT2D eigenvalue weighted by atomic mass is 32.1. The summed E-state index contributed by atoms with van der Waals surface area (Å²) >= 11 is 1.65. The average molecular weight is 353 g/mol. The second-order valence-electron chi connectivity index (χ2n) is 6.81. The first-order chi connectivity index (χ1) is 12.4. The van der Waals surface area contributed by atoms with Gasteiger partial charge in [-0.25, -0.2) is 0 Å². The van der Waals surface area contributed by atoms with Crippen LogP contribution in [-0.2, 0) is 0 Å². The largest absolute Gasteiger partial charge is 0.346 e. The van der Waals surface area contributed by atoms with Gasteiger partial charge in [0.15, 0.2) is 5.82 Å². The van der Waals surface area contributed by atoms with E-state index in [1.165, 1.54) is 12.8 Å². The minimum Gasteiger partial charge on any atom is -0.346 e. The summed E-state index contributed by atoms with van der Waals surface area (Å²) in [6, 6.07) is 10.2. The van der Waals surface area contributed by atoms with Crippen LogP contribution in [0, 0.1) is 0 Å². The maximum atomic E-state index is 5.44. The van der Waals surface area contributed by atoms with Gasteiger partial charge in [-0.15, -0.1) is 10.2 Å². The van der Waals surface area contributed by atoms with Crippen molar-refractivity contribution in [3.63, 3.8) is 0 Å². The lowest BCUT2D eigenvalue weighted by atomic mass is 9.98. The summed E-state index contributed by atoms with van der Waals surface area (Å²) in [5.74, 6) is 2.51. The first-order valence-electron chi connectivity index (χ1n) is 8.84. The molecule has 128 valence electrons. The molecule has 2 fully saturated rings. The predicted octanol–water partition coefficient (Wildman–Crippen LogP) is 3.85. The fourth-order valence-electron chi connectivity index (χ4n) is 3.31. The quantitative estimate of drug-likeness (QED) is 0.710. The van der Waals surface area contributed by atoms with Crippen molar-refractivity contribution in [3.05, 3.63) is 42.0 Å². The van der Waals surface area contributed by atoms with E-state index in [2.05, 4.69) is 37.4 Å². The summed E-state index contributed by atoms with van der Waals surface area (Å²) in [5, 5.41) is 15.0. The molecule has 1 saturated heterocycles. The molecule has 1 aromatic carbocycles. The minimum absolute atomic E-state index is 0.314. The van der Waals surface area contributed by atoms with Crippen molar-refractivity contribution < 1.29 is 4.52 Å². The number of rotatable bonds is 4. The van der Waals surface area contributed by atoms with Crippen LogP contribution in [0.5, 0.6) is 0 Å². The molecule has 3 aromatic rings. The Morgan fingerprint density at radius 1 is 1.04 bits per heavy atom. The Morgan fingerprint density at radius 3 is 2.76 bits per heavy atom. The van der Waals surface area contributed by atoms with E-state index in [4.69, 9.17) is 4.52 Å². The van der Waals surface area contributed by atoms with Gasteiger partial charge in [-0.3, -0.25) is 0 Å².